The van der Waals surface area contributed by atoms with Crippen molar-refractivity contribution in [1.29, 1.82) is 0 Å². The molecule has 10 heteroatoms. The van der Waals surface area contributed by atoms with Crippen LogP contribution in [-0.4, -0.2) is 67.2 Å². The van der Waals surface area contributed by atoms with Gasteiger partial charge in [0.2, 0.25) is 5.95 Å². The fraction of sp³-hybridized carbons (Fsp3) is 0.333. The molecule has 0 saturated carbocycles. The zero-order chi connectivity index (χ0) is 25.8. The van der Waals surface area contributed by atoms with Gasteiger partial charge < -0.3 is 30.5 Å². The lowest BCUT2D eigenvalue weighted by atomic mass is 10.1. The van der Waals surface area contributed by atoms with Crippen molar-refractivity contribution in [2.45, 2.75) is 19.9 Å². The van der Waals surface area contributed by atoms with Gasteiger partial charge >= 0.3 is 6.03 Å². The van der Waals surface area contributed by atoms with Crippen molar-refractivity contribution in [2.75, 3.05) is 59.8 Å². The van der Waals surface area contributed by atoms with Gasteiger partial charge in [0.15, 0.2) is 5.78 Å². The molecule has 0 unspecified atom stereocenters. The molecule has 2 saturated heterocycles. The van der Waals surface area contributed by atoms with Crippen molar-refractivity contribution in [2.24, 2.45) is 0 Å². The second-order valence-corrected chi connectivity index (χ2v) is 9.31. The maximum Gasteiger partial charge on any atom is 0.319 e. The summed E-state index contributed by atoms with van der Waals surface area (Å²) >= 11 is 0. The molecule has 0 radical (unpaired) electrons. The largest absolute Gasteiger partial charge is 0.378 e. The third-order valence-corrected chi connectivity index (χ3v) is 6.51. The first-order valence-corrected chi connectivity index (χ1v) is 12.4. The summed E-state index contributed by atoms with van der Waals surface area (Å²) in [5.74, 6) is 1.37. The molecule has 2 aliphatic heterocycles. The molecular weight excluding hydrogens is 470 g/mol. The number of carbonyl (C=O) groups is 2. The normalized spacial score (nSPS) is 15.6. The van der Waals surface area contributed by atoms with E-state index >= 15 is 0 Å². The highest BCUT2D eigenvalue weighted by molar-refractivity contribution is 5.95. The first-order chi connectivity index (χ1) is 17.9. The third kappa shape index (κ3) is 5.97. The van der Waals surface area contributed by atoms with Crippen LogP contribution in [0.4, 0.5) is 33.6 Å². The van der Waals surface area contributed by atoms with Crippen molar-refractivity contribution in [3.63, 3.8) is 0 Å². The number of hydrogen-bond donors (Lipinski definition) is 3. The number of carbonyl (C=O) groups excluding carboxylic acids is 2. The lowest BCUT2D eigenvalue weighted by molar-refractivity contribution is 0.101. The van der Waals surface area contributed by atoms with Gasteiger partial charge in [-0.1, -0.05) is 0 Å². The summed E-state index contributed by atoms with van der Waals surface area (Å²) in [6, 6.07) is 14.8. The minimum absolute atomic E-state index is 0.00869. The van der Waals surface area contributed by atoms with Crippen LogP contribution in [0.25, 0.3) is 0 Å². The Balaban J connectivity index is 1.13. The number of Topliss-reactive ketones (excluding diaryl/α,β-unsaturated/α-hetero) is 1. The Morgan fingerprint density at radius 3 is 2.30 bits per heavy atom. The number of aryl methyl sites for hydroxylation is 1. The topological polar surface area (TPSA) is 112 Å². The van der Waals surface area contributed by atoms with E-state index in [1.165, 1.54) is 12.6 Å². The van der Waals surface area contributed by atoms with Gasteiger partial charge in [-0.15, -0.1) is 0 Å². The van der Waals surface area contributed by atoms with Crippen LogP contribution in [0, 0.1) is 6.92 Å². The molecule has 0 bridgehead atoms. The molecule has 1 aromatic heterocycles. The van der Waals surface area contributed by atoms with Gasteiger partial charge in [0, 0.05) is 60.6 Å². The number of morpholine rings is 1. The Hall–Kier alpha value is -4.18. The lowest BCUT2D eigenvalue weighted by Gasteiger charge is -2.41. The molecule has 3 aromatic rings. The molecule has 192 valence electrons. The minimum Gasteiger partial charge on any atom is -0.378 e. The average Bonchev–Trinajstić information content (AvgIpc) is 2.88. The Morgan fingerprint density at radius 1 is 0.946 bits per heavy atom. The highest BCUT2D eigenvalue weighted by Gasteiger charge is 2.30. The fourth-order valence-corrected chi connectivity index (χ4v) is 4.40. The van der Waals surface area contributed by atoms with Crippen LogP contribution in [0.5, 0.6) is 0 Å². The molecular formula is C27H31N7O3. The quantitative estimate of drug-likeness (QED) is 0.421. The molecule has 5 rings (SSSR count). The number of anilines is 5. The number of urea groups is 1. The number of aromatic nitrogens is 2. The van der Waals surface area contributed by atoms with Gasteiger partial charge in [-0.25, -0.2) is 9.78 Å². The van der Waals surface area contributed by atoms with Crippen molar-refractivity contribution in [1.82, 2.24) is 15.3 Å². The van der Waals surface area contributed by atoms with Crippen molar-refractivity contribution in [3.05, 3.63) is 65.9 Å². The average molecular weight is 502 g/mol. The highest BCUT2D eigenvalue weighted by atomic mass is 16.5. The Kier molecular flexibility index (Phi) is 7.18. The van der Waals surface area contributed by atoms with E-state index in [-0.39, 0.29) is 17.9 Å². The fourth-order valence-electron chi connectivity index (χ4n) is 4.40. The molecule has 2 fully saturated rings. The monoisotopic (exact) mass is 501 g/mol. The number of amides is 2. The van der Waals surface area contributed by atoms with Crippen LogP contribution >= 0.6 is 0 Å². The number of ketones is 1. The SMILES string of the molecule is CC(=O)c1ccc(NC(=O)NC2CN(c3nc(Nc4ccc(N5CCOCC5)cc4)ncc3C)C2)cc1. The Bertz CT molecular complexity index is 1250. The predicted octanol–water partition coefficient (Wildman–Crippen LogP) is 3.58. The van der Waals surface area contributed by atoms with E-state index in [2.05, 4.69) is 42.9 Å². The van der Waals surface area contributed by atoms with E-state index in [1.54, 1.807) is 24.3 Å². The molecule has 3 heterocycles. The van der Waals surface area contributed by atoms with E-state index in [0.29, 0.717) is 30.3 Å². The van der Waals surface area contributed by atoms with Crippen molar-refractivity contribution >= 4 is 40.6 Å². The molecule has 37 heavy (non-hydrogen) atoms. The number of nitrogens with one attached hydrogen (secondary N) is 3. The second-order valence-electron chi connectivity index (χ2n) is 9.31. The maximum absolute atomic E-state index is 12.4. The molecule has 2 aromatic carbocycles. The first kappa shape index (κ1) is 24.5. The van der Waals surface area contributed by atoms with Gasteiger partial charge in [-0.2, -0.15) is 4.98 Å². The molecule has 0 spiro atoms. The van der Waals surface area contributed by atoms with E-state index in [1.807, 2.05) is 25.3 Å². The van der Waals surface area contributed by atoms with Gasteiger partial charge in [-0.05, 0) is 62.4 Å². The van der Waals surface area contributed by atoms with Crippen LogP contribution in [0.3, 0.4) is 0 Å². The van der Waals surface area contributed by atoms with E-state index in [4.69, 9.17) is 9.72 Å². The van der Waals surface area contributed by atoms with Gasteiger partial charge in [0.05, 0.1) is 19.3 Å². The van der Waals surface area contributed by atoms with Crippen molar-refractivity contribution < 1.29 is 14.3 Å². The summed E-state index contributed by atoms with van der Waals surface area (Å²) in [6.45, 7) is 8.12. The van der Waals surface area contributed by atoms with Crippen LogP contribution in [0.1, 0.15) is 22.8 Å². The number of hydrogen-bond acceptors (Lipinski definition) is 8. The highest BCUT2D eigenvalue weighted by Crippen LogP contribution is 2.26. The number of benzene rings is 2. The van der Waals surface area contributed by atoms with Crippen LogP contribution in [-0.2, 0) is 4.74 Å². The first-order valence-electron chi connectivity index (χ1n) is 12.4. The summed E-state index contributed by atoms with van der Waals surface area (Å²) in [4.78, 5) is 37.4. The van der Waals surface area contributed by atoms with Crippen molar-refractivity contribution in [3.8, 4) is 0 Å². The van der Waals surface area contributed by atoms with Crippen LogP contribution in [0.15, 0.2) is 54.7 Å². The predicted molar refractivity (Wildman–Crippen MR) is 144 cm³/mol. The Morgan fingerprint density at radius 2 is 1.62 bits per heavy atom. The number of nitrogens with zero attached hydrogens (tertiary/aromatic N) is 4. The van der Waals surface area contributed by atoms with E-state index in [9.17, 15) is 9.59 Å². The van der Waals surface area contributed by atoms with Gasteiger partial charge in [0.1, 0.15) is 5.82 Å². The van der Waals surface area contributed by atoms with E-state index in [0.717, 1.165) is 43.4 Å². The summed E-state index contributed by atoms with van der Waals surface area (Å²) in [5, 5.41) is 9.08. The molecule has 10 nitrogen and oxygen atoms in total. The molecule has 0 aliphatic carbocycles. The van der Waals surface area contributed by atoms with Gasteiger partial charge in [-0.3, -0.25) is 4.79 Å². The standard InChI is InChI=1S/C27H31N7O3/c1-18-15-28-26(29-21-7-9-24(10-8-21)33-11-13-37-14-12-33)32-25(18)34-16-23(17-34)31-27(36)30-22-5-3-20(4-6-22)19(2)35/h3-10,15,23H,11-14,16-17H2,1-2H3,(H,28,29,32)(H2,30,31,36). The summed E-state index contributed by atoms with van der Waals surface area (Å²) in [5.41, 5.74) is 4.32. The summed E-state index contributed by atoms with van der Waals surface area (Å²) in [6.07, 6.45) is 1.81. The minimum atomic E-state index is -0.275. The molecule has 3 N–H and O–H groups in total. The smallest absolute Gasteiger partial charge is 0.319 e. The number of rotatable bonds is 7. The summed E-state index contributed by atoms with van der Waals surface area (Å²) < 4.78 is 5.43. The summed E-state index contributed by atoms with van der Waals surface area (Å²) in [7, 11) is 0. The second kappa shape index (κ2) is 10.8. The van der Waals surface area contributed by atoms with Crippen LogP contribution in [0.2, 0.25) is 0 Å². The molecule has 0 atom stereocenters. The molecule has 2 aliphatic rings. The van der Waals surface area contributed by atoms with E-state index < -0.39 is 0 Å². The Labute approximate surface area is 216 Å². The zero-order valence-corrected chi connectivity index (χ0v) is 21.0. The lowest BCUT2D eigenvalue weighted by Crippen LogP contribution is -2.60. The zero-order valence-electron chi connectivity index (χ0n) is 21.0. The molecule has 2 amide bonds. The third-order valence-electron chi connectivity index (χ3n) is 6.51. The van der Waals surface area contributed by atoms with Crippen LogP contribution < -0.4 is 25.8 Å². The number of ether oxygens (including phenoxy) is 1. The maximum atomic E-state index is 12.4. The van der Waals surface area contributed by atoms with Gasteiger partial charge in [0.25, 0.3) is 0 Å².